The number of benzene rings is 1. The zero-order valence-electron chi connectivity index (χ0n) is 12.4. The van der Waals surface area contributed by atoms with Crippen LogP contribution in [-0.4, -0.2) is 38.7 Å². The average molecular weight is 306 g/mol. The number of aromatic nitrogens is 3. The molecule has 0 saturated heterocycles. The van der Waals surface area contributed by atoms with Gasteiger partial charge in [0.15, 0.2) is 5.16 Å². The monoisotopic (exact) mass is 306 g/mol. The van der Waals surface area contributed by atoms with Crippen LogP contribution in [0.4, 0.5) is 0 Å². The lowest BCUT2D eigenvalue weighted by atomic mass is 9.87. The van der Waals surface area contributed by atoms with Gasteiger partial charge in [-0.2, -0.15) is 5.10 Å². The number of H-pyrrole nitrogens is 1. The number of aliphatic hydroxyl groups is 1. The Morgan fingerprint density at radius 1 is 1.33 bits per heavy atom. The zero-order valence-corrected chi connectivity index (χ0v) is 13.2. The highest BCUT2D eigenvalue weighted by atomic mass is 32.2. The summed E-state index contributed by atoms with van der Waals surface area (Å²) in [6, 6.07) is 10.4. The van der Waals surface area contributed by atoms with Gasteiger partial charge < -0.3 is 10.4 Å². The predicted molar refractivity (Wildman–Crippen MR) is 85.2 cm³/mol. The van der Waals surface area contributed by atoms with E-state index in [0.717, 1.165) is 22.9 Å². The number of aromatic amines is 1. The van der Waals surface area contributed by atoms with Crippen LogP contribution < -0.4 is 5.32 Å². The van der Waals surface area contributed by atoms with Crippen LogP contribution >= 0.6 is 11.8 Å². The Morgan fingerprint density at radius 2 is 2.10 bits per heavy atom. The van der Waals surface area contributed by atoms with Gasteiger partial charge in [-0.3, -0.25) is 5.10 Å². The maximum Gasteiger partial charge on any atom is 0.183 e. The molecule has 1 atom stereocenters. The lowest BCUT2D eigenvalue weighted by molar-refractivity contribution is 0.147. The van der Waals surface area contributed by atoms with Crippen LogP contribution in [0.2, 0.25) is 0 Å². The van der Waals surface area contributed by atoms with Crippen molar-refractivity contribution in [1.29, 1.82) is 0 Å². The van der Waals surface area contributed by atoms with E-state index >= 15 is 0 Å². The molecule has 1 heterocycles. The van der Waals surface area contributed by atoms with Gasteiger partial charge in [0.25, 0.3) is 0 Å². The number of hydrogen-bond acceptors (Lipinski definition) is 5. The molecule has 21 heavy (non-hydrogen) atoms. The Balaban J connectivity index is 2.11. The summed E-state index contributed by atoms with van der Waals surface area (Å²) < 4.78 is 0. The van der Waals surface area contributed by atoms with E-state index in [1.807, 2.05) is 18.2 Å². The fourth-order valence-electron chi connectivity index (χ4n) is 2.41. The first-order valence-electron chi connectivity index (χ1n) is 7.08. The number of aliphatic hydroxyl groups excluding tert-OH is 1. The number of thioether (sulfide) groups is 1. The van der Waals surface area contributed by atoms with E-state index in [1.54, 1.807) is 11.8 Å². The molecule has 0 aliphatic heterocycles. The van der Waals surface area contributed by atoms with Crippen molar-refractivity contribution in [2.75, 3.05) is 12.4 Å². The normalized spacial score (nSPS) is 14.3. The lowest BCUT2D eigenvalue weighted by Gasteiger charge is -2.35. The van der Waals surface area contributed by atoms with Crippen LogP contribution in [0.5, 0.6) is 0 Å². The topological polar surface area (TPSA) is 73.8 Å². The second kappa shape index (κ2) is 7.59. The van der Waals surface area contributed by atoms with E-state index in [-0.39, 0.29) is 12.6 Å². The molecule has 0 amide bonds. The first kappa shape index (κ1) is 16.0. The van der Waals surface area contributed by atoms with Crippen LogP contribution in [0.1, 0.15) is 25.8 Å². The van der Waals surface area contributed by atoms with Crippen molar-refractivity contribution in [2.24, 2.45) is 0 Å². The van der Waals surface area contributed by atoms with E-state index < -0.39 is 5.54 Å². The van der Waals surface area contributed by atoms with Gasteiger partial charge in [-0.05, 0) is 25.8 Å². The van der Waals surface area contributed by atoms with Crippen molar-refractivity contribution in [3.05, 3.63) is 42.2 Å². The molecule has 0 aliphatic rings. The Kier molecular flexibility index (Phi) is 5.78. The van der Waals surface area contributed by atoms with Gasteiger partial charge in [0.2, 0.25) is 0 Å². The SMILES string of the molecule is CC(C)NC(CO)(CCSc1ncn[nH]1)c1ccccc1. The molecule has 2 rings (SSSR count). The van der Waals surface area contributed by atoms with Gasteiger partial charge in [-0.25, -0.2) is 4.98 Å². The maximum absolute atomic E-state index is 10.0. The highest BCUT2D eigenvalue weighted by molar-refractivity contribution is 7.99. The molecule has 0 radical (unpaired) electrons. The van der Waals surface area contributed by atoms with Gasteiger partial charge in [-0.15, -0.1) is 0 Å². The van der Waals surface area contributed by atoms with Gasteiger partial charge >= 0.3 is 0 Å². The fraction of sp³-hybridized carbons (Fsp3) is 0.467. The van der Waals surface area contributed by atoms with Crippen molar-refractivity contribution in [1.82, 2.24) is 20.5 Å². The molecule has 0 spiro atoms. The molecule has 6 heteroatoms. The molecule has 0 bridgehead atoms. The average Bonchev–Trinajstić information content (AvgIpc) is 3.00. The summed E-state index contributed by atoms with van der Waals surface area (Å²) in [5.41, 5.74) is 0.682. The van der Waals surface area contributed by atoms with E-state index in [1.165, 1.54) is 6.33 Å². The van der Waals surface area contributed by atoms with Crippen molar-refractivity contribution < 1.29 is 5.11 Å². The van der Waals surface area contributed by atoms with Gasteiger partial charge in [0, 0.05) is 11.8 Å². The molecule has 1 aromatic heterocycles. The van der Waals surface area contributed by atoms with E-state index in [4.69, 9.17) is 0 Å². The van der Waals surface area contributed by atoms with Crippen LogP contribution in [0.3, 0.4) is 0 Å². The molecular weight excluding hydrogens is 284 g/mol. The van der Waals surface area contributed by atoms with Crippen molar-refractivity contribution in [2.45, 2.75) is 37.0 Å². The van der Waals surface area contributed by atoms with Crippen molar-refractivity contribution in [3.8, 4) is 0 Å². The van der Waals surface area contributed by atoms with Crippen LogP contribution in [0.25, 0.3) is 0 Å². The Bertz CT molecular complexity index is 518. The van der Waals surface area contributed by atoms with Gasteiger partial charge in [0.1, 0.15) is 6.33 Å². The Morgan fingerprint density at radius 3 is 2.67 bits per heavy atom. The first-order valence-corrected chi connectivity index (χ1v) is 8.07. The number of hydrogen-bond donors (Lipinski definition) is 3. The molecule has 1 aromatic carbocycles. The standard InChI is InChI=1S/C15H22N4OS/c1-12(2)18-15(10-20,13-6-4-3-5-7-13)8-9-21-14-16-11-17-19-14/h3-7,11-12,18,20H,8-10H2,1-2H3,(H,16,17,19). The zero-order chi connectivity index (χ0) is 15.1. The highest BCUT2D eigenvalue weighted by Gasteiger charge is 2.31. The third kappa shape index (κ3) is 4.30. The summed E-state index contributed by atoms with van der Waals surface area (Å²) in [4.78, 5) is 4.11. The third-order valence-corrected chi connectivity index (χ3v) is 4.20. The smallest absolute Gasteiger partial charge is 0.183 e. The molecule has 5 nitrogen and oxygen atoms in total. The predicted octanol–water partition coefficient (Wildman–Crippen LogP) is 2.17. The fourth-order valence-corrected chi connectivity index (χ4v) is 3.29. The van der Waals surface area contributed by atoms with Gasteiger partial charge in [0.05, 0.1) is 12.1 Å². The minimum absolute atomic E-state index is 0.0617. The highest BCUT2D eigenvalue weighted by Crippen LogP contribution is 2.28. The maximum atomic E-state index is 10.0. The van der Waals surface area contributed by atoms with Crippen LogP contribution in [0.15, 0.2) is 41.8 Å². The largest absolute Gasteiger partial charge is 0.394 e. The van der Waals surface area contributed by atoms with E-state index in [2.05, 4.69) is 46.5 Å². The molecule has 0 aliphatic carbocycles. The van der Waals surface area contributed by atoms with Crippen LogP contribution in [-0.2, 0) is 5.54 Å². The Labute approximate surface area is 129 Å². The summed E-state index contributed by atoms with van der Waals surface area (Å²) in [6.45, 7) is 4.25. The number of rotatable bonds is 8. The van der Waals surface area contributed by atoms with E-state index in [9.17, 15) is 5.11 Å². The minimum Gasteiger partial charge on any atom is -0.394 e. The molecule has 3 N–H and O–H groups in total. The third-order valence-electron chi connectivity index (χ3n) is 3.32. The summed E-state index contributed by atoms with van der Waals surface area (Å²) in [6.07, 6.45) is 2.31. The summed E-state index contributed by atoms with van der Waals surface area (Å²) in [7, 11) is 0. The van der Waals surface area contributed by atoms with Crippen LogP contribution in [0, 0.1) is 0 Å². The molecular formula is C15H22N4OS. The van der Waals surface area contributed by atoms with Crippen molar-refractivity contribution in [3.63, 3.8) is 0 Å². The molecule has 114 valence electrons. The quantitative estimate of drug-likeness (QED) is 0.652. The second-order valence-corrected chi connectivity index (χ2v) is 6.38. The molecule has 0 saturated carbocycles. The molecule has 1 unspecified atom stereocenters. The summed E-state index contributed by atoms with van der Waals surface area (Å²) in [5.74, 6) is 0.838. The molecule has 2 aromatic rings. The number of nitrogens with zero attached hydrogens (tertiary/aromatic N) is 2. The second-order valence-electron chi connectivity index (χ2n) is 5.29. The van der Waals surface area contributed by atoms with E-state index in [0.29, 0.717) is 0 Å². The molecule has 0 fully saturated rings. The Hall–Kier alpha value is -1.37. The van der Waals surface area contributed by atoms with Gasteiger partial charge in [-0.1, -0.05) is 42.1 Å². The summed E-state index contributed by atoms with van der Waals surface area (Å²) in [5, 5.41) is 21.0. The van der Waals surface area contributed by atoms with Crippen molar-refractivity contribution >= 4 is 11.8 Å². The first-order chi connectivity index (χ1) is 10.2. The summed E-state index contributed by atoms with van der Waals surface area (Å²) >= 11 is 1.61. The lowest BCUT2D eigenvalue weighted by Crippen LogP contribution is -2.49. The minimum atomic E-state index is -0.428. The number of nitrogens with one attached hydrogen (secondary N) is 2.